The number of hydrogen-bond donors (Lipinski definition) is 2. The van der Waals surface area contributed by atoms with Crippen molar-refractivity contribution in [3.05, 3.63) is 58.6 Å². The summed E-state index contributed by atoms with van der Waals surface area (Å²) < 4.78 is 10.6. The second-order valence-electron chi connectivity index (χ2n) is 4.23. The molecule has 0 aromatic heterocycles. The lowest BCUT2D eigenvalue weighted by atomic mass is 9.98. The molecule has 2 aromatic carbocycles. The van der Waals surface area contributed by atoms with Gasteiger partial charge in [0.15, 0.2) is 0 Å². The number of rotatable bonds is 5. The van der Waals surface area contributed by atoms with Gasteiger partial charge >= 0.3 is 0 Å². The summed E-state index contributed by atoms with van der Waals surface area (Å²) in [4.78, 5) is 0. The summed E-state index contributed by atoms with van der Waals surface area (Å²) >= 11 is 6.24. The van der Waals surface area contributed by atoms with E-state index in [1.165, 1.54) is 0 Å². The van der Waals surface area contributed by atoms with Gasteiger partial charge < -0.3 is 9.47 Å². The zero-order valence-corrected chi connectivity index (χ0v) is 12.1. The number of hydrazine groups is 1. The maximum atomic E-state index is 6.24. The molecule has 1 atom stereocenters. The highest BCUT2D eigenvalue weighted by Gasteiger charge is 2.19. The SMILES string of the molecule is COc1ccc(C(NN)c2ccccc2Cl)c(OC)c1. The Balaban J connectivity index is 2.49. The van der Waals surface area contributed by atoms with Gasteiger partial charge in [0.2, 0.25) is 0 Å². The van der Waals surface area contributed by atoms with Crippen molar-refractivity contribution in [2.75, 3.05) is 14.2 Å². The van der Waals surface area contributed by atoms with Gasteiger partial charge in [0.1, 0.15) is 11.5 Å². The molecule has 0 bridgehead atoms. The molecule has 0 aliphatic rings. The molecule has 0 spiro atoms. The summed E-state index contributed by atoms with van der Waals surface area (Å²) in [6, 6.07) is 12.9. The summed E-state index contributed by atoms with van der Waals surface area (Å²) in [7, 11) is 3.22. The van der Waals surface area contributed by atoms with Gasteiger partial charge in [-0.15, -0.1) is 0 Å². The van der Waals surface area contributed by atoms with Gasteiger partial charge in [-0.25, -0.2) is 5.43 Å². The van der Waals surface area contributed by atoms with E-state index >= 15 is 0 Å². The van der Waals surface area contributed by atoms with Crippen molar-refractivity contribution in [3.63, 3.8) is 0 Å². The third-order valence-electron chi connectivity index (χ3n) is 3.13. The highest BCUT2D eigenvalue weighted by Crippen LogP contribution is 2.35. The fraction of sp³-hybridized carbons (Fsp3) is 0.200. The van der Waals surface area contributed by atoms with Crippen LogP contribution in [0.3, 0.4) is 0 Å². The van der Waals surface area contributed by atoms with E-state index in [0.717, 1.165) is 16.9 Å². The summed E-state index contributed by atoms with van der Waals surface area (Å²) in [5.41, 5.74) is 4.56. The quantitative estimate of drug-likeness (QED) is 0.657. The molecule has 0 saturated heterocycles. The van der Waals surface area contributed by atoms with Gasteiger partial charge in [0, 0.05) is 16.7 Å². The number of hydrogen-bond acceptors (Lipinski definition) is 4. The normalized spacial score (nSPS) is 12.0. The van der Waals surface area contributed by atoms with Gasteiger partial charge in [0.25, 0.3) is 0 Å². The lowest BCUT2D eigenvalue weighted by molar-refractivity contribution is 0.387. The third kappa shape index (κ3) is 2.88. The van der Waals surface area contributed by atoms with Gasteiger partial charge in [-0.1, -0.05) is 29.8 Å². The monoisotopic (exact) mass is 292 g/mol. The van der Waals surface area contributed by atoms with Crippen LogP contribution in [0.4, 0.5) is 0 Å². The molecule has 0 aliphatic heterocycles. The molecule has 0 amide bonds. The fourth-order valence-electron chi connectivity index (χ4n) is 2.11. The van der Waals surface area contributed by atoms with E-state index in [2.05, 4.69) is 5.43 Å². The van der Waals surface area contributed by atoms with Crippen LogP contribution in [0, 0.1) is 0 Å². The highest BCUT2D eigenvalue weighted by atomic mass is 35.5. The Morgan fingerprint density at radius 2 is 1.80 bits per heavy atom. The first kappa shape index (κ1) is 14.7. The van der Waals surface area contributed by atoms with Gasteiger partial charge in [-0.3, -0.25) is 5.84 Å². The van der Waals surface area contributed by atoms with Crippen LogP contribution in [-0.2, 0) is 0 Å². The Kier molecular flexibility index (Phi) is 4.84. The Hall–Kier alpha value is -1.75. The number of benzene rings is 2. The molecule has 3 N–H and O–H groups in total. The minimum Gasteiger partial charge on any atom is -0.497 e. The summed E-state index contributed by atoms with van der Waals surface area (Å²) in [6.45, 7) is 0. The Morgan fingerprint density at radius 1 is 1.05 bits per heavy atom. The van der Waals surface area contributed by atoms with Gasteiger partial charge in [0.05, 0.1) is 20.3 Å². The smallest absolute Gasteiger partial charge is 0.127 e. The molecule has 20 heavy (non-hydrogen) atoms. The van der Waals surface area contributed by atoms with E-state index in [0.29, 0.717) is 10.8 Å². The molecule has 0 saturated carbocycles. The van der Waals surface area contributed by atoms with Crippen molar-refractivity contribution in [3.8, 4) is 11.5 Å². The summed E-state index contributed by atoms with van der Waals surface area (Å²) in [6.07, 6.45) is 0. The minimum atomic E-state index is -0.260. The number of nitrogens with two attached hydrogens (primary N) is 1. The lowest BCUT2D eigenvalue weighted by Crippen LogP contribution is -2.29. The van der Waals surface area contributed by atoms with Crippen LogP contribution in [0.1, 0.15) is 17.2 Å². The Morgan fingerprint density at radius 3 is 2.40 bits per heavy atom. The van der Waals surface area contributed by atoms with Crippen LogP contribution in [0.15, 0.2) is 42.5 Å². The molecule has 0 aliphatic carbocycles. The van der Waals surface area contributed by atoms with Gasteiger partial charge in [-0.05, 0) is 23.8 Å². The molecular weight excluding hydrogens is 276 g/mol. The molecule has 4 nitrogen and oxygen atoms in total. The predicted molar refractivity (Wildman–Crippen MR) is 80.2 cm³/mol. The lowest BCUT2D eigenvalue weighted by Gasteiger charge is -2.21. The second kappa shape index (κ2) is 6.61. The highest BCUT2D eigenvalue weighted by molar-refractivity contribution is 6.31. The van der Waals surface area contributed by atoms with Crippen molar-refractivity contribution < 1.29 is 9.47 Å². The Bertz CT molecular complexity index is 590. The maximum absolute atomic E-state index is 6.24. The molecule has 106 valence electrons. The molecular formula is C15H17ClN2O2. The first-order chi connectivity index (χ1) is 9.71. The van der Waals surface area contributed by atoms with E-state index in [1.807, 2.05) is 42.5 Å². The molecule has 5 heteroatoms. The predicted octanol–water partition coefficient (Wildman–Crippen LogP) is 2.91. The van der Waals surface area contributed by atoms with Crippen molar-refractivity contribution >= 4 is 11.6 Å². The standard InChI is InChI=1S/C15H17ClN2O2/c1-19-10-7-8-12(14(9-10)20-2)15(18-17)11-5-3-4-6-13(11)16/h3-9,15,18H,17H2,1-2H3. The Labute approximate surface area is 123 Å². The first-order valence-corrected chi connectivity index (χ1v) is 6.51. The van der Waals surface area contributed by atoms with Crippen LogP contribution in [0.25, 0.3) is 0 Å². The van der Waals surface area contributed by atoms with E-state index in [4.69, 9.17) is 26.9 Å². The maximum Gasteiger partial charge on any atom is 0.127 e. The molecule has 1 unspecified atom stereocenters. The largest absolute Gasteiger partial charge is 0.497 e. The van der Waals surface area contributed by atoms with Crippen molar-refractivity contribution in [2.24, 2.45) is 5.84 Å². The summed E-state index contributed by atoms with van der Waals surface area (Å²) in [5, 5.41) is 0.647. The van der Waals surface area contributed by atoms with Crippen LogP contribution >= 0.6 is 11.6 Å². The van der Waals surface area contributed by atoms with Gasteiger partial charge in [-0.2, -0.15) is 0 Å². The topological polar surface area (TPSA) is 56.5 Å². The second-order valence-corrected chi connectivity index (χ2v) is 4.64. The van der Waals surface area contributed by atoms with E-state index in [9.17, 15) is 0 Å². The van der Waals surface area contributed by atoms with Crippen LogP contribution < -0.4 is 20.7 Å². The van der Waals surface area contributed by atoms with Crippen molar-refractivity contribution in [1.82, 2.24) is 5.43 Å². The molecule has 2 rings (SSSR count). The van der Waals surface area contributed by atoms with E-state index in [1.54, 1.807) is 14.2 Å². The molecule has 0 fully saturated rings. The van der Waals surface area contributed by atoms with Crippen LogP contribution in [0.5, 0.6) is 11.5 Å². The number of methoxy groups -OCH3 is 2. The van der Waals surface area contributed by atoms with E-state index in [-0.39, 0.29) is 6.04 Å². The van der Waals surface area contributed by atoms with Crippen molar-refractivity contribution in [1.29, 1.82) is 0 Å². The zero-order valence-electron chi connectivity index (χ0n) is 11.4. The van der Waals surface area contributed by atoms with Crippen LogP contribution in [-0.4, -0.2) is 14.2 Å². The number of ether oxygens (including phenoxy) is 2. The first-order valence-electron chi connectivity index (χ1n) is 6.13. The molecule has 0 radical (unpaired) electrons. The minimum absolute atomic E-state index is 0.260. The van der Waals surface area contributed by atoms with Crippen LogP contribution in [0.2, 0.25) is 5.02 Å². The van der Waals surface area contributed by atoms with Crippen molar-refractivity contribution in [2.45, 2.75) is 6.04 Å². The zero-order chi connectivity index (χ0) is 14.5. The fourth-order valence-corrected chi connectivity index (χ4v) is 2.36. The van der Waals surface area contributed by atoms with E-state index < -0.39 is 0 Å². The average Bonchev–Trinajstić information content (AvgIpc) is 2.50. The third-order valence-corrected chi connectivity index (χ3v) is 3.48. The molecule has 2 aromatic rings. The molecule has 0 heterocycles. The average molecular weight is 293 g/mol. The number of halogens is 1. The number of nitrogens with one attached hydrogen (secondary N) is 1. The summed E-state index contributed by atoms with van der Waals surface area (Å²) in [5.74, 6) is 7.11.